The van der Waals surface area contributed by atoms with Crippen molar-refractivity contribution in [1.82, 2.24) is 0 Å². The summed E-state index contributed by atoms with van der Waals surface area (Å²) in [6.07, 6.45) is -13.5. The Hall–Kier alpha value is 0.157. The first-order chi connectivity index (χ1) is 6.15. The second-order valence-electron chi connectivity index (χ2n) is 2.49. The number of alkyl halides is 5. The average molecular weight is 250 g/mol. The van der Waals surface area contributed by atoms with E-state index in [9.17, 15) is 30.4 Å². The smallest absolute Gasteiger partial charge is 1.00 e. The molecule has 15 heavy (non-hydrogen) atoms. The van der Waals surface area contributed by atoms with Crippen LogP contribution in [0.5, 0.6) is 0 Å². The molecule has 0 aliphatic rings. The van der Waals surface area contributed by atoms with Crippen LogP contribution < -0.4 is 18.9 Å². The van der Waals surface area contributed by atoms with Gasteiger partial charge in [0.1, 0.15) is 5.75 Å². The Morgan fingerprint density at radius 2 is 1.47 bits per heavy atom. The van der Waals surface area contributed by atoms with E-state index in [0.717, 1.165) is 0 Å². The molecule has 1 N–H and O–H groups in total. The summed E-state index contributed by atoms with van der Waals surface area (Å²) in [5, 5.41) is 0. The minimum absolute atomic E-state index is 0. The Balaban J connectivity index is -0.000000845. The zero-order valence-electron chi connectivity index (χ0n) is 8.58. The van der Waals surface area contributed by atoms with E-state index < -0.39 is 40.8 Å². The van der Waals surface area contributed by atoms with Crippen LogP contribution in [0.2, 0.25) is 0 Å². The van der Waals surface area contributed by atoms with Crippen molar-refractivity contribution in [3.63, 3.8) is 0 Å². The third-order valence-corrected chi connectivity index (χ3v) is 2.00. The van der Waals surface area contributed by atoms with Crippen LogP contribution in [0.3, 0.4) is 0 Å². The molecule has 10 heteroatoms. The summed E-state index contributed by atoms with van der Waals surface area (Å²) in [5.41, 5.74) is 0. The van der Waals surface area contributed by atoms with Gasteiger partial charge in [0.05, 0.1) is 0 Å². The van der Waals surface area contributed by atoms with Gasteiger partial charge < -0.3 is 1.43 Å². The van der Waals surface area contributed by atoms with E-state index >= 15 is 0 Å². The van der Waals surface area contributed by atoms with Crippen LogP contribution >= 0.6 is 0 Å². The number of hydrogen-bond donors (Lipinski definition) is 1. The minimum Gasteiger partial charge on any atom is -1.00 e. The molecule has 0 rings (SSSR count). The Morgan fingerprint density at radius 1 is 1.07 bits per heavy atom. The molecule has 0 aromatic carbocycles. The van der Waals surface area contributed by atoms with Gasteiger partial charge in [0.2, 0.25) is 0 Å². The van der Waals surface area contributed by atoms with Crippen LogP contribution in [0.15, 0.2) is 0 Å². The molecule has 0 heterocycles. The van der Waals surface area contributed by atoms with Crippen molar-refractivity contribution in [2.24, 2.45) is 0 Å². The Morgan fingerprint density at radius 3 is 1.73 bits per heavy atom. The summed E-state index contributed by atoms with van der Waals surface area (Å²) in [6.45, 7) is 0. The summed E-state index contributed by atoms with van der Waals surface area (Å²) in [6, 6.07) is 0. The van der Waals surface area contributed by atoms with Gasteiger partial charge in [-0.15, -0.1) is 0 Å². The first-order valence-electron chi connectivity index (χ1n) is 3.30. The SMILES string of the molecule is O=S(=O)(O)CC(F)C(F)C(F)C(F)F.[H-].[Li+]. The molecule has 0 aromatic rings. The van der Waals surface area contributed by atoms with Gasteiger partial charge in [0.25, 0.3) is 16.5 Å². The van der Waals surface area contributed by atoms with Crippen LogP contribution in [-0.4, -0.2) is 43.7 Å². The van der Waals surface area contributed by atoms with E-state index in [2.05, 4.69) is 0 Å². The van der Waals surface area contributed by atoms with E-state index in [0.29, 0.717) is 0 Å². The molecular weight excluding hydrogens is 242 g/mol. The quantitative estimate of drug-likeness (QED) is 0.358. The molecule has 0 saturated carbocycles. The molecule has 0 spiro atoms. The summed E-state index contributed by atoms with van der Waals surface area (Å²) >= 11 is 0. The number of rotatable bonds is 5. The zero-order chi connectivity index (χ0) is 11.5. The fraction of sp³-hybridized carbons (Fsp3) is 1.00. The van der Waals surface area contributed by atoms with E-state index in [1.165, 1.54) is 0 Å². The van der Waals surface area contributed by atoms with Crippen LogP contribution in [-0.2, 0) is 10.1 Å². The summed E-state index contributed by atoms with van der Waals surface area (Å²) in [7, 11) is -4.85. The van der Waals surface area contributed by atoms with Gasteiger partial charge in [-0.2, -0.15) is 8.42 Å². The minimum atomic E-state index is -4.85. The predicted molar refractivity (Wildman–Crippen MR) is 38.2 cm³/mol. The largest absolute Gasteiger partial charge is 1.00 e. The van der Waals surface area contributed by atoms with E-state index in [-0.39, 0.29) is 20.3 Å². The van der Waals surface area contributed by atoms with Crippen molar-refractivity contribution < 1.29 is 55.2 Å². The fourth-order valence-electron chi connectivity index (χ4n) is 0.632. The van der Waals surface area contributed by atoms with Crippen molar-refractivity contribution in [3.05, 3.63) is 0 Å². The number of hydrogen-bond acceptors (Lipinski definition) is 2. The van der Waals surface area contributed by atoms with Gasteiger partial charge in [-0.05, 0) is 0 Å². The summed E-state index contributed by atoms with van der Waals surface area (Å²) in [4.78, 5) is 0. The summed E-state index contributed by atoms with van der Waals surface area (Å²) < 4.78 is 87.8. The average Bonchev–Trinajstić information content (AvgIpc) is 1.98. The molecule has 3 nitrogen and oxygen atoms in total. The topological polar surface area (TPSA) is 54.4 Å². The maximum Gasteiger partial charge on any atom is 1.00 e. The maximum absolute atomic E-state index is 12.4. The van der Waals surface area contributed by atoms with Gasteiger partial charge in [-0.25, -0.2) is 22.0 Å². The monoisotopic (exact) mass is 250 g/mol. The van der Waals surface area contributed by atoms with Crippen LogP contribution in [0, 0.1) is 0 Å². The molecule has 0 fully saturated rings. The zero-order valence-corrected chi connectivity index (χ0v) is 8.39. The molecule has 0 amide bonds. The summed E-state index contributed by atoms with van der Waals surface area (Å²) in [5.74, 6) is -1.75. The molecule has 0 aliphatic carbocycles. The number of halogens is 5. The second kappa shape index (κ2) is 6.68. The van der Waals surface area contributed by atoms with Crippen molar-refractivity contribution in [3.8, 4) is 0 Å². The molecule has 88 valence electrons. The molecular formula is C5H8F5LiO3S. The van der Waals surface area contributed by atoms with Gasteiger partial charge in [0, 0.05) is 0 Å². The Kier molecular flexibility index (Phi) is 7.81. The van der Waals surface area contributed by atoms with Gasteiger partial charge >= 0.3 is 18.9 Å². The normalized spacial score (nSPS) is 18.1. The van der Waals surface area contributed by atoms with Gasteiger partial charge in [0.15, 0.2) is 18.5 Å². The van der Waals surface area contributed by atoms with E-state index in [1.807, 2.05) is 0 Å². The molecule has 0 saturated heterocycles. The third-order valence-electron chi connectivity index (χ3n) is 1.26. The van der Waals surface area contributed by atoms with Crippen LogP contribution in [0.4, 0.5) is 22.0 Å². The molecule has 3 atom stereocenters. The van der Waals surface area contributed by atoms with Crippen molar-refractivity contribution in [1.29, 1.82) is 0 Å². The second-order valence-corrected chi connectivity index (χ2v) is 3.99. The van der Waals surface area contributed by atoms with E-state index in [1.54, 1.807) is 0 Å². The maximum atomic E-state index is 12.4. The Bertz CT molecular complexity index is 277. The van der Waals surface area contributed by atoms with Gasteiger partial charge in [-0.1, -0.05) is 0 Å². The molecule has 0 aliphatic heterocycles. The van der Waals surface area contributed by atoms with E-state index in [4.69, 9.17) is 4.55 Å². The van der Waals surface area contributed by atoms with Crippen molar-refractivity contribution in [2.75, 3.05) is 5.75 Å². The molecule has 0 bridgehead atoms. The Labute approximate surface area is 96.4 Å². The van der Waals surface area contributed by atoms with Crippen molar-refractivity contribution >= 4 is 10.1 Å². The first-order valence-corrected chi connectivity index (χ1v) is 4.91. The first kappa shape index (κ1) is 17.5. The van der Waals surface area contributed by atoms with Crippen LogP contribution in [0.1, 0.15) is 1.43 Å². The fourth-order valence-corrected chi connectivity index (χ4v) is 1.22. The predicted octanol–water partition coefficient (Wildman–Crippen LogP) is -1.73. The van der Waals surface area contributed by atoms with Crippen molar-refractivity contribution in [2.45, 2.75) is 24.9 Å². The molecule has 3 unspecified atom stereocenters. The van der Waals surface area contributed by atoms with Gasteiger partial charge in [-0.3, -0.25) is 4.55 Å². The molecule has 0 radical (unpaired) electrons. The van der Waals surface area contributed by atoms with Crippen LogP contribution in [0.25, 0.3) is 0 Å². The molecule has 0 aromatic heterocycles. The standard InChI is InChI=1S/C5H7F5O3S.Li.H/c6-2(1-14(11,12)13)3(7)4(8)5(9)10;;/h2-5H,1H2,(H,11,12,13);;/q;+1;-1. The third kappa shape index (κ3) is 7.11.